The third-order valence-electron chi connectivity index (χ3n) is 3.40. The Labute approximate surface area is 139 Å². The summed E-state index contributed by atoms with van der Waals surface area (Å²) in [6.45, 7) is 0. The Bertz CT molecular complexity index is 809. The van der Waals surface area contributed by atoms with Gasteiger partial charge in [-0.1, -0.05) is 48.5 Å². The molecule has 0 heterocycles. The van der Waals surface area contributed by atoms with Crippen LogP contribution in [-0.2, 0) is 0 Å². The first-order chi connectivity index (χ1) is 11.7. The van der Waals surface area contributed by atoms with E-state index < -0.39 is 4.92 Å². The van der Waals surface area contributed by atoms with Crippen LogP contribution in [0.3, 0.4) is 0 Å². The highest BCUT2D eigenvalue weighted by molar-refractivity contribution is 5.82. The van der Waals surface area contributed by atoms with Gasteiger partial charge in [-0.15, -0.1) is 0 Å². The zero-order valence-electron chi connectivity index (χ0n) is 12.8. The molecule has 5 heteroatoms. The fourth-order valence-electron chi connectivity index (χ4n) is 2.26. The van der Waals surface area contributed by atoms with Gasteiger partial charge in [-0.3, -0.25) is 10.1 Å². The molecule has 0 atom stereocenters. The molecule has 0 bridgehead atoms. The highest BCUT2D eigenvalue weighted by Crippen LogP contribution is 2.25. The third-order valence-corrected chi connectivity index (χ3v) is 3.40. The van der Waals surface area contributed by atoms with Crippen LogP contribution < -0.4 is 5.01 Å². The molecule has 0 aliphatic rings. The topological polar surface area (TPSA) is 58.7 Å². The lowest BCUT2D eigenvalue weighted by Crippen LogP contribution is -2.09. The second kappa shape index (κ2) is 7.19. The van der Waals surface area contributed by atoms with E-state index in [1.807, 2.05) is 60.7 Å². The Morgan fingerprint density at radius 2 is 1.42 bits per heavy atom. The molecule has 3 aromatic carbocycles. The molecule has 0 spiro atoms. The largest absolute Gasteiger partial charge is 0.270 e. The van der Waals surface area contributed by atoms with Gasteiger partial charge >= 0.3 is 0 Å². The number of hydrogen-bond acceptors (Lipinski definition) is 4. The van der Waals surface area contributed by atoms with Crippen LogP contribution in [-0.4, -0.2) is 11.1 Å². The van der Waals surface area contributed by atoms with Crippen molar-refractivity contribution in [3.63, 3.8) is 0 Å². The van der Waals surface area contributed by atoms with E-state index in [-0.39, 0.29) is 5.69 Å². The minimum absolute atomic E-state index is 0.0462. The number of rotatable bonds is 5. The summed E-state index contributed by atoms with van der Waals surface area (Å²) in [6.07, 6.45) is 1.62. The lowest BCUT2D eigenvalue weighted by atomic mass is 10.2. The molecule has 0 saturated heterocycles. The second-order valence-corrected chi connectivity index (χ2v) is 5.08. The summed E-state index contributed by atoms with van der Waals surface area (Å²) in [7, 11) is 0. The van der Waals surface area contributed by atoms with Crippen LogP contribution in [0.1, 0.15) is 5.56 Å². The molecule has 3 rings (SSSR count). The fourth-order valence-corrected chi connectivity index (χ4v) is 2.26. The Hall–Kier alpha value is -3.47. The van der Waals surface area contributed by atoms with Crippen molar-refractivity contribution in [2.24, 2.45) is 5.10 Å². The maximum atomic E-state index is 10.9. The molecule has 24 heavy (non-hydrogen) atoms. The average molecular weight is 317 g/mol. The summed E-state index contributed by atoms with van der Waals surface area (Å²) in [5.74, 6) is 0. The summed E-state index contributed by atoms with van der Waals surface area (Å²) in [6, 6.07) is 25.9. The van der Waals surface area contributed by atoms with Crippen LogP contribution in [0, 0.1) is 10.1 Å². The molecule has 0 amide bonds. The Morgan fingerprint density at radius 1 is 0.833 bits per heavy atom. The Balaban J connectivity index is 1.95. The molecule has 0 fully saturated rings. The molecule has 0 radical (unpaired) electrons. The molecule has 3 aromatic rings. The first kappa shape index (κ1) is 15.4. The summed E-state index contributed by atoms with van der Waals surface area (Å²) >= 11 is 0. The molecule has 0 aliphatic heterocycles. The molecular formula is C19H15N3O2. The lowest BCUT2D eigenvalue weighted by Gasteiger charge is -2.19. The van der Waals surface area contributed by atoms with Gasteiger partial charge in [0.05, 0.1) is 22.5 Å². The number of non-ortho nitro benzene ring substituents is 1. The summed E-state index contributed by atoms with van der Waals surface area (Å²) in [4.78, 5) is 10.5. The normalized spacial score (nSPS) is 10.7. The van der Waals surface area contributed by atoms with Crippen molar-refractivity contribution in [3.8, 4) is 0 Å². The number of para-hydroxylation sites is 2. The van der Waals surface area contributed by atoms with Gasteiger partial charge in [-0.25, -0.2) is 5.01 Å². The summed E-state index contributed by atoms with van der Waals surface area (Å²) in [5, 5.41) is 17.2. The van der Waals surface area contributed by atoms with E-state index in [4.69, 9.17) is 0 Å². The number of hydrazone groups is 1. The van der Waals surface area contributed by atoms with Gasteiger partial charge < -0.3 is 0 Å². The molecule has 0 N–H and O–H groups in total. The van der Waals surface area contributed by atoms with Crippen LogP contribution in [0.2, 0.25) is 0 Å². The van der Waals surface area contributed by atoms with Crippen molar-refractivity contribution in [2.45, 2.75) is 0 Å². The predicted octanol–water partition coefficient (Wildman–Crippen LogP) is 4.77. The minimum Gasteiger partial charge on any atom is -0.258 e. The minimum atomic E-state index is -0.413. The zero-order chi connectivity index (χ0) is 16.8. The highest BCUT2D eigenvalue weighted by Gasteiger charge is 2.08. The Kier molecular flexibility index (Phi) is 4.62. The second-order valence-electron chi connectivity index (χ2n) is 5.08. The summed E-state index contributed by atoms with van der Waals surface area (Å²) < 4.78 is 0. The standard InChI is InChI=1S/C19H15N3O2/c23-22(24)19-13-7-8-16(14-19)15-20-21(17-9-3-1-4-10-17)18-11-5-2-6-12-18/h1-15H/b20-15+. The van der Waals surface area contributed by atoms with E-state index in [2.05, 4.69) is 5.10 Å². The molecule has 0 aromatic heterocycles. The molecular weight excluding hydrogens is 302 g/mol. The number of nitro groups is 1. The third kappa shape index (κ3) is 3.64. The average Bonchev–Trinajstić information content (AvgIpc) is 2.64. The number of hydrogen-bond donors (Lipinski definition) is 0. The van der Waals surface area contributed by atoms with E-state index in [0.717, 1.165) is 11.4 Å². The predicted molar refractivity (Wildman–Crippen MR) is 95.7 cm³/mol. The Morgan fingerprint density at radius 3 is 1.96 bits per heavy atom. The smallest absolute Gasteiger partial charge is 0.258 e. The van der Waals surface area contributed by atoms with Crippen molar-refractivity contribution in [1.29, 1.82) is 0 Å². The van der Waals surface area contributed by atoms with E-state index in [1.165, 1.54) is 12.1 Å². The molecule has 5 nitrogen and oxygen atoms in total. The first-order valence-electron chi connectivity index (χ1n) is 7.43. The van der Waals surface area contributed by atoms with Crippen LogP contribution in [0.25, 0.3) is 0 Å². The van der Waals surface area contributed by atoms with Crippen LogP contribution in [0.15, 0.2) is 90.0 Å². The van der Waals surface area contributed by atoms with Crippen molar-refractivity contribution >= 4 is 23.3 Å². The maximum Gasteiger partial charge on any atom is 0.270 e. The van der Waals surface area contributed by atoms with E-state index >= 15 is 0 Å². The summed E-state index contributed by atoms with van der Waals surface area (Å²) in [5.41, 5.74) is 2.53. The van der Waals surface area contributed by atoms with Gasteiger partial charge in [-0.05, 0) is 24.3 Å². The number of nitrogens with zero attached hydrogens (tertiary/aromatic N) is 3. The van der Waals surface area contributed by atoms with Crippen molar-refractivity contribution in [2.75, 3.05) is 5.01 Å². The monoisotopic (exact) mass is 317 g/mol. The van der Waals surface area contributed by atoms with Gasteiger partial charge in [0, 0.05) is 17.7 Å². The van der Waals surface area contributed by atoms with Crippen molar-refractivity contribution in [1.82, 2.24) is 0 Å². The number of benzene rings is 3. The van der Waals surface area contributed by atoms with Gasteiger partial charge in [0.2, 0.25) is 0 Å². The van der Waals surface area contributed by atoms with E-state index in [1.54, 1.807) is 23.4 Å². The molecule has 0 unspecified atom stereocenters. The maximum absolute atomic E-state index is 10.9. The molecule has 118 valence electrons. The molecule has 0 saturated carbocycles. The van der Waals surface area contributed by atoms with Crippen LogP contribution in [0.5, 0.6) is 0 Å². The first-order valence-corrected chi connectivity index (χ1v) is 7.43. The fraction of sp³-hybridized carbons (Fsp3) is 0. The van der Waals surface area contributed by atoms with Gasteiger partial charge in [0.15, 0.2) is 0 Å². The lowest BCUT2D eigenvalue weighted by molar-refractivity contribution is -0.384. The quantitative estimate of drug-likeness (QED) is 0.387. The van der Waals surface area contributed by atoms with E-state index in [9.17, 15) is 10.1 Å². The van der Waals surface area contributed by atoms with Crippen LogP contribution >= 0.6 is 0 Å². The van der Waals surface area contributed by atoms with Crippen molar-refractivity contribution < 1.29 is 4.92 Å². The SMILES string of the molecule is O=[N+]([O-])c1cccc(/C=N/N(c2ccccc2)c2ccccc2)c1. The van der Waals surface area contributed by atoms with Gasteiger partial charge in [0.1, 0.15) is 0 Å². The van der Waals surface area contributed by atoms with Crippen molar-refractivity contribution in [3.05, 3.63) is 101 Å². The number of nitro benzene ring substituents is 1. The van der Waals surface area contributed by atoms with E-state index in [0.29, 0.717) is 5.56 Å². The van der Waals surface area contributed by atoms with Crippen LogP contribution in [0.4, 0.5) is 17.1 Å². The van der Waals surface area contributed by atoms with Gasteiger partial charge in [0.25, 0.3) is 5.69 Å². The molecule has 0 aliphatic carbocycles. The number of anilines is 2. The highest BCUT2D eigenvalue weighted by atomic mass is 16.6. The van der Waals surface area contributed by atoms with Gasteiger partial charge in [-0.2, -0.15) is 5.10 Å². The zero-order valence-corrected chi connectivity index (χ0v) is 12.8.